The molecular formula is C13H16F3N3O3. The van der Waals surface area contributed by atoms with E-state index >= 15 is 0 Å². The van der Waals surface area contributed by atoms with Gasteiger partial charge in [0.25, 0.3) is 0 Å². The number of halogens is 3. The van der Waals surface area contributed by atoms with Gasteiger partial charge >= 0.3 is 6.36 Å². The summed E-state index contributed by atoms with van der Waals surface area (Å²) in [6, 6.07) is 4.77. The lowest BCUT2D eigenvalue weighted by Crippen LogP contribution is -2.37. The van der Waals surface area contributed by atoms with Crippen molar-refractivity contribution in [2.24, 2.45) is 0 Å². The molecule has 0 atom stereocenters. The number of hydrogen-bond acceptors (Lipinski definition) is 4. The van der Waals surface area contributed by atoms with Crippen molar-refractivity contribution in [3.8, 4) is 5.75 Å². The molecular weight excluding hydrogens is 303 g/mol. The van der Waals surface area contributed by atoms with Crippen LogP contribution < -0.4 is 15.4 Å². The first-order valence-corrected chi connectivity index (χ1v) is 6.24. The van der Waals surface area contributed by atoms with Gasteiger partial charge < -0.3 is 15.4 Å². The van der Waals surface area contributed by atoms with Crippen LogP contribution in [0.1, 0.15) is 0 Å². The number of hydrogen-bond donors (Lipinski definition) is 2. The number of anilines is 1. The van der Waals surface area contributed by atoms with E-state index in [9.17, 15) is 22.8 Å². The minimum atomic E-state index is -4.76. The quantitative estimate of drug-likeness (QED) is 0.827. The van der Waals surface area contributed by atoms with Crippen molar-refractivity contribution in [1.82, 2.24) is 10.2 Å². The number of ether oxygens (including phenoxy) is 1. The summed E-state index contributed by atoms with van der Waals surface area (Å²) in [6.07, 6.45) is -4.76. The number of amides is 2. The maximum absolute atomic E-state index is 12.0. The van der Waals surface area contributed by atoms with Crippen LogP contribution in [0, 0.1) is 0 Å². The lowest BCUT2D eigenvalue weighted by atomic mass is 10.3. The minimum absolute atomic E-state index is 0.0335. The molecule has 0 aliphatic carbocycles. The van der Waals surface area contributed by atoms with Crippen LogP contribution in [0.5, 0.6) is 5.75 Å². The monoisotopic (exact) mass is 319 g/mol. The highest BCUT2D eigenvalue weighted by atomic mass is 19.4. The molecule has 0 saturated carbocycles. The first-order chi connectivity index (χ1) is 10.2. The number of rotatable bonds is 6. The van der Waals surface area contributed by atoms with Crippen molar-refractivity contribution in [3.05, 3.63) is 24.3 Å². The van der Waals surface area contributed by atoms with Crippen LogP contribution in [-0.4, -0.2) is 50.3 Å². The zero-order chi connectivity index (χ0) is 16.8. The van der Waals surface area contributed by atoms with Crippen molar-refractivity contribution < 1.29 is 27.5 Å². The molecule has 0 fully saturated rings. The molecule has 2 amide bonds. The van der Waals surface area contributed by atoms with Crippen LogP contribution in [0.25, 0.3) is 0 Å². The third kappa shape index (κ3) is 6.93. The van der Waals surface area contributed by atoms with Gasteiger partial charge in [0, 0.05) is 12.7 Å². The molecule has 0 aliphatic rings. The lowest BCUT2D eigenvalue weighted by molar-refractivity contribution is -0.274. The summed E-state index contributed by atoms with van der Waals surface area (Å²) in [5.74, 6) is -0.998. The summed E-state index contributed by atoms with van der Waals surface area (Å²) in [5, 5.41) is 4.93. The van der Waals surface area contributed by atoms with Crippen molar-refractivity contribution in [2.75, 3.05) is 32.5 Å². The SMILES string of the molecule is CNC(=O)CN(C)CC(=O)Nc1ccc(OC(F)(F)F)cc1. The van der Waals surface area contributed by atoms with E-state index in [1.54, 1.807) is 7.05 Å². The second-order valence-electron chi connectivity index (χ2n) is 4.47. The fourth-order valence-corrected chi connectivity index (χ4v) is 1.57. The topological polar surface area (TPSA) is 70.7 Å². The molecule has 122 valence electrons. The fourth-order valence-electron chi connectivity index (χ4n) is 1.57. The Balaban J connectivity index is 2.49. The summed E-state index contributed by atoms with van der Waals surface area (Å²) in [5.41, 5.74) is 0.327. The second kappa shape index (κ2) is 7.64. The van der Waals surface area contributed by atoms with Gasteiger partial charge in [0.05, 0.1) is 13.1 Å². The minimum Gasteiger partial charge on any atom is -0.406 e. The van der Waals surface area contributed by atoms with Gasteiger partial charge in [0.1, 0.15) is 5.75 Å². The third-order valence-electron chi connectivity index (χ3n) is 2.48. The maximum Gasteiger partial charge on any atom is 0.573 e. The van der Waals surface area contributed by atoms with E-state index in [1.807, 2.05) is 0 Å². The molecule has 0 aliphatic heterocycles. The van der Waals surface area contributed by atoms with Crippen LogP contribution in [0.3, 0.4) is 0 Å². The largest absolute Gasteiger partial charge is 0.573 e. The van der Waals surface area contributed by atoms with Crippen molar-refractivity contribution in [2.45, 2.75) is 6.36 Å². The van der Waals surface area contributed by atoms with E-state index in [4.69, 9.17) is 0 Å². The standard InChI is InChI=1S/C13H16F3N3O3/c1-17-11(20)7-19(2)8-12(21)18-9-3-5-10(6-4-9)22-13(14,15)16/h3-6H,7-8H2,1-2H3,(H,17,20)(H,18,21). The van der Waals surface area contributed by atoms with Crippen LogP contribution in [0.2, 0.25) is 0 Å². The Labute approximate surface area is 125 Å². The molecule has 22 heavy (non-hydrogen) atoms. The Kier molecular flexibility index (Phi) is 6.17. The number of carbonyl (C=O) groups is 2. The Morgan fingerprint density at radius 3 is 2.18 bits per heavy atom. The van der Waals surface area contributed by atoms with Gasteiger partial charge in [-0.3, -0.25) is 14.5 Å². The summed E-state index contributed by atoms with van der Waals surface area (Å²) >= 11 is 0. The molecule has 0 saturated heterocycles. The van der Waals surface area contributed by atoms with E-state index in [0.29, 0.717) is 5.69 Å². The second-order valence-corrected chi connectivity index (χ2v) is 4.47. The summed E-state index contributed by atoms with van der Waals surface area (Å²) in [6.45, 7) is 0.0243. The number of nitrogens with one attached hydrogen (secondary N) is 2. The number of carbonyl (C=O) groups excluding carboxylic acids is 2. The summed E-state index contributed by atoms with van der Waals surface area (Å²) < 4.78 is 39.7. The summed E-state index contributed by atoms with van der Waals surface area (Å²) in [4.78, 5) is 24.3. The van der Waals surface area contributed by atoms with Gasteiger partial charge in [0.2, 0.25) is 11.8 Å². The van der Waals surface area contributed by atoms with Gasteiger partial charge in [-0.15, -0.1) is 13.2 Å². The first-order valence-electron chi connectivity index (χ1n) is 6.24. The Morgan fingerprint density at radius 2 is 1.68 bits per heavy atom. The third-order valence-corrected chi connectivity index (χ3v) is 2.48. The normalized spacial score (nSPS) is 11.2. The molecule has 6 nitrogen and oxygen atoms in total. The van der Waals surface area contributed by atoms with Crippen molar-refractivity contribution in [1.29, 1.82) is 0 Å². The lowest BCUT2D eigenvalue weighted by Gasteiger charge is -2.15. The van der Waals surface area contributed by atoms with E-state index in [0.717, 1.165) is 12.1 Å². The molecule has 0 radical (unpaired) electrons. The highest BCUT2D eigenvalue weighted by Gasteiger charge is 2.30. The number of alkyl halides is 3. The van der Waals surface area contributed by atoms with Crippen molar-refractivity contribution in [3.63, 3.8) is 0 Å². The van der Waals surface area contributed by atoms with E-state index in [1.165, 1.54) is 24.1 Å². The highest BCUT2D eigenvalue weighted by Crippen LogP contribution is 2.23. The van der Waals surface area contributed by atoms with Gasteiger partial charge in [-0.2, -0.15) is 0 Å². The molecule has 1 rings (SSSR count). The van der Waals surface area contributed by atoms with Gasteiger partial charge in [0.15, 0.2) is 0 Å². The average molecular weight is 319 g/mol. The maximum atomic E-state index is 12.0. The van der Waals surface area contributed by atoms with Gasteiger partial charge in [-0.25, -0.2) is 0 Å². The van der Waals surface area contributed by atoms with Crippen LogP contribution in [0.15, 0.2) is 24.3 Å². The smallest absolute Gasteiger partial charge is 0.406 e. The number of nitrogens with zero attached hydrogens (tertiary/aromatic N) is 1. The first kappa shape index (κ1) is 17.8. The predicted octanol–water partition coefficient (Wildman–Crippen LogP) is 1.20. The molecule has 0 heterocycles. The zero-order valence-corrected chi connectivity index (χ0v) is 12.0. The molecule has 0 bridgehead atoms. The van der Waals surface area contributed by atoms with E-state index < -0.39 is 12.3 Å². The molecule has 9 heteroatoms. The van der Waals surface area contributed by atoms with Crippen LogP contribution >= 0.6 is 0 Å². The average Bonchev–Trinajstić information content (AvgIpc) is 2.38. The molecule has 1 aromatic rings. The van der Waals surface area contributed by atoms with Gasteiger partial charge in [-0.05, 0) is 31.3 Å². The Bertz CT molecular complexity index is 518. The summed E-state index contributed by atoms with van der Waals surface area (Å²) in [7, 11) is 3.08. The van der Waals surface area contributed by atoms with Crippen molar-refractivity contribution >= 4 is 17.5 Å². The van der Waals surface area contributed by atoms with E-state index in [2.05, 4.69) is 15.4 Å². The molecule has 2 N–H and O–H groups in total. The fraction of sp³-hybridized carbons (Fsp3) is 0.385. The van der Waals surface area contributed by atoms with Crippen LogP contribution in [0.4, 0.5) is 18.9 Å². The Hall–Kier alpha value is -2.29. The van der Waals surface area contributed by atoms with Crippen LogP contribution in [-0.2, 0) is 9.59 Å². The predicted molar refractivity (Wildman–Crippen MR) is 73.3 cm³/mol. The molecule has 0 aromatic heterocycles. The zero-order valence-electron chi connectivity index (χ0n) is 12.0. The molecule has 1 aromatic carbocycles. The molecule has 0 spiro atoms. The van der Waals surface area contributed by atoms with Gasteiger partial charge in [-0.1, -0.05) is 0 Å². The highest BCUT2D eigenvalue weighted by molar-refractivity contribution is 5.92. The number of likely N-dealkylation sites (N-methyl/N-ethyl adjacent to an activating group) is 2. The number of benzene rings is 1. The Morgan fingerprint density at radius 1 is 1.14 bits per heavy atom. The molecule has 0 unspecified atom stereocenters. The van der Waals surface area contributed by atoms with E-state index in [-0.39, 0.29) is 24.7 Å².